The van der Waals surface area contributed by atoms with Gasteiger partial charge in [0, 0.05) is 5.56 Å². The van der Waals surface area contributed by atoms with E-state index in [1.165, 1.54) is 32.2 Å². The Kier molecular flexibility index (Phi) is 5.82. The van der Waals surface area contributed by atoms with Crippen LogP contribution >= 0.6 is 11.8 Å². The molecular formula is C18H18N4O4S. The monoisotopic (exact) mass is 386 g/mol. The summed E-state index contributed by atoms with van der Waals surface area (Å²) in [7, 11) is 2.87. The number of amides is 1. The van der Waals surface area contributed by atoms with E-state index >= 15 is 0 Å². The number of hydrogen-bond donors (Lipinski definition) is 3. The molecule has 1 aromatic heterocycles. The highest BCUT2D eigenvalue weighted by Gasteiger charge is 2.10. The van der Waals surface area contributed by atoms with Gasteiger partial charge in [-0.2, -0.15) is 5.10 Å². The zero-order valence-corrected chi connectivity index (χ0v) is 15.5. The number of aromatic nitrogens is 2. The largest absolute Gasteiger partial charge is 0.502 e. The van der Waals surface area contributed by atoms with Gasteiger partial charge in [0.25, 0.3) is 5.91 Å². The first kappa shape index (κ1) is 18.6. The summed E-state index contributed by atoms with van der Waals surface area (Å²) in [5.41, 5.74) is 4.83. The minimum absolute atomic E-state index is 0.0941. The fourth-order valence-electron chi connectivity index (χ4n) is 2.33. The predicted octanol–water partition coefficient (Wildman–Crippen LogP) is 2.53. The summed E-state index contributed by atoms with van der Waals surface area (Å²) >= 11 is 1.29. The van der Waals surface area contributed by atoms with Crippen LogP contribution in [0.15, 0.2) is 46.7 Å². The first-order chi connectivity index (χ1) is 13.1. The lowest BCUT2D eigenvalue weighted by atomic mass is 10.2. The number of thioether (sulfide) groups is 1. The number of carbonyl (C=O) groups is 1. The Morgan fingerprint density at radius 2 is 2.00 bits per heavy atom. The SMILES string of the molecule is COc1cc(/C=N\NC(=O)CSc2nc3ccccc3[nH]2)cc(OC)c1O. The normalized spacial score (nSPS) is 11.0. The smallest absolute Gasteiger partial charge is 0.250 e. The minimum atomic E-state index is -0.269. The van der Waals surface area contributed by atoms with Crippen LogP contribution in [0.25, 0.3) is 11.0 Å². The van der Waals surface area contributed by atoms with Crippen LogP contribution in [0.5, 0.6) is 17.2 Å². The zero-order chi connectivity index (χ0) is 19.2. The molecule has 0 atom stereocenters. The van der Waals surface area contributed by atoms with Gasteiger partial charge in [0.1, 0.15) is 0 Å². The highest BCUT2D eigenvalue weighted by Crippen LogP contribution is 2.36. The van der Waals surface area contributed by atoms with Crippen molar-refractivity contribution in [3.05, 3.63) is 42.0 Å². The molecule has 0 saturated carbocycles. The number of carbonyl (C=O) groups excluding carboxylic acids is 1. The van der Waals surface area contributed by atoms with Gasteiger partial charge in [-0.25, -0.2) is 10.4 Å². The van der Waals surface area contributed by atoms with Gasteiger partial charge in [0.05, 0.1) is 37.2 Å². The number of imidazole rings is 1. The molecule has 3 N–H and O–H groups in total. The van der Waals surface area contributed by atoms with Gasteiger partial charge in [-0.1, -0.05) is 23.9 Å². The maximum atomic E-state index is 11.9. The Bertz CT molecular complexity index is 928. The van der Waals surface area contributed by atoms with Crippen molar-refractivity contribution in [3.63, 3.8) is 0 Å². The van der Waals surface area contributed by atoms with Crippen LogP contribution in [0.4, 0.5) is 0 Å². The minimum Gasteiger partial charge on any atom is -0.502 e. The summed E-state index contributed by atoms with van der Waals surface area (Å²) in [5, 5.41) is 14.5. The number of benzene rings is 2. The van der Waals surface area contributed by atoms with Crippen molar-refractivity contribution in [2.45, 2.75) is 5.16 Å². The summed E-state index contributed by atoms with van der Waals surface area (Å²) in [6, 6.07) is 10.8. The van der Waals surface area contributed by atoms with E-state index < -0.39 is 0 Å². The number of para-hydroxylation sites is 2. The van der Waals surface area contributed by atoms with E-state index in [-0.39, 0.29) is 28.9 Å². The van der Waals surface area contributed by atoms with Crippen LogP contribution in [-0.4, -0.2) is 47.2 Å². The van der Waals surface area contributed by atoms with Gasteiger partial charge in [0.2, 0.25) is 5.75 Å². The molecule has 1 heterocycles. The molecule has 1 amide bonds. The van der Waals surface area contributed by atoms with Crippen molar-refractivity contribution >= 4 is 34.9 Å². The molecule has 0 aliphatic rings. The van der Waals surface area contributed by atoms with Crippen molar-refractivity contribution in [2.75, 3.05) is 20.0 Å². The maximum absolute atomic E-state index is 11.9. The van der Waals surface area contributed by atoms with Crippen LogP contribution in [0, 0.1) is 0 Å². The van der Waals surface area contributed by atoms with Crippen molar-refractivity contribution in [1.29, 1.82) is 0 Å². The molecule has 0 aliphatic carbocycles. The molecule has 0 aliphatic heterocycles. The molecule has 3 rings (SSSR count). The average molecular weight is 386 g/mol. The highest BCUT2D eigenvalue weighted by molar-refractivity contribution is 7.99. The quantitative estimate of drug-likeness (QED) is 0.327. The van der Waals surface area contributed by atoms with Crippen LogP contribution in [-0.2, 0) is 4.79 Å². The Hall–Kier alpha value is -3.20. The number of fused-ring (bicyclic) bond motifs is 1. The van der Waals surface area contributed by atoms with E-state index in [1.54, 1.807) is 12.1 Å². The lowest BCUT2D eigenvalue weighted by Crippen LogP contribution is -2.19. The molecule has 0 saturated heterocycles. The average Bonchev–Trinajstić information content (AvgIpc) is 3.10. The second kappa shape index (κ2) is 8.45. The van der Waals surface area contributed by atoms with Crippen LogP contribution < -0.4 is 14.9 Å². The number of rotatable bonds is 7. The first-order valence-electron chi connectivity index (χ1n) is 7.95. The number of aromatic hydroxyl groups is 1. The molecule has 9 heteroatoms. The Labute approximate surface area is 159 Å². The van der Waals surface area contributed by atoms with Gasteiger partial charge in [-0.3, -0.25) is 4.79 Å². The molecule has 8 nitrogen and oxygen atoms in total. The number of aromatic amines is 1. The lowest BCUT2D eigenvalue weighted by molar-refractivity contribution is -0.118. The molecule has 3 aromatic rings. The summed E-state index contributed by atoms with van der Waals surface area (Å²) in [5.74, 6) is 0.308. The number of methoxy groups -OCH3 is 2. The van der Waals surface area contributed by atoms with Gasteiger partial charge in [0.15, 0.2) is 16.7 Å². The molecule has 0 bridgehead atoms. The fraction of sp³-hybridized carbons (Fsp3) is 0.167. The number of nitrogens with one attached hydrogen (secondary N) is 2. The molecule has 0 spiro atoms. The Morgan fingerprint density at radius 3 is 2.67 bits per heavy atom. The second-order valence-electron chi connectivity index (χ2n) is 5.41. The summed E-state index contributed by atoms with van der Waals surface area (Å²) in [4.78, 5) is 19.5. The van der Waals surface area contributed by atoms with Gasteiger partial charge in [-0.05, 0) is 24.3 Å². The van der Waals surface area contributed by atoms with E-state index in [0.29, 0.717) is 10.7 Å². The maximum Gasteiger partial charge on any atom is 0.250 e. The molecule has 0 fully saturated rings. The number of hydrogen-bond acceptors (Lipinski definition) is 7. The standard InChI is InChI=1S/C18H18N4O4S/c1-25-14-7-11(8-15(26-2)17(14)24)9-19-22-16(23)10-27-18-20-12-5-3-4-6-13(12)21-18/h3-9,24H,10H2,1-2H3,(H,20,21)(H,22,23)/b19-9-. The van der Waals surface area contributed by atoms with Crippen LogP contribution in [0.2, 0.25) is 0 Å². The van der Waals surface area contributed by atoms with Crippen molar-refractivity contribution in [1.82, 2.24) is 15.4 Å². The van der Waals surface area contributed by atoms with E-state index in [0.717, 1.165) is 11.0 Å². The predicted molar refractivity (Wildman–Crippen MR) is 104 cm³/mol. The number of H-pyrrole nitrogens is 1. The third-order valence-corrected chi connectivity index (χ3v) is 4.49. The van der Waals surface area contributed by atoms with Crippen molar-refractivity contribution < 1.29 is 19.4 Å². The van der Waals surface area contributed by atoms with Crippen LogP contribution in [0.1, 0.15) is 5.56 Å². The van der Waals surface area contributed by atoms with Gasteiger partial charge >= 0.3 is 0 Å². The van der Waals surface area contributed by atoms with E-state index in [1.807, 2.05) is 24.3 Å². The Morgan fingerprint density at radius 1 is 1.30 bits per heavy atom. The topological polar surface area (TPSA) is 109 Å². The molecule has 2 aromatic carbocycles. The summed E-state index contributed by atoms with van der Waals surface area (Å²) < 4.78 is 10.2. The third-order valence-electron chi connectivity index (χ3n) is 3.61. The Balaban J connectivity index is 1.57. The molecule has 27 heavy (non-hydrogen) atoms. The number of phenols is 1. The number of phenolic OH excluding ortho intramolecular Hbond substituents is 1. The van der Waals surface area contributed by atoms with Gasteiger partial charge in [-0.15, -0.1) is 0 Å². The lowest BCUT2D eigenvalue weighted by Gasteiger charge is -2.09. The van der Waals surface area contributed by atoms with E-state index in [9.17, 15) is 9.90 Å². The third kappa shape index (κ3) is 4.50. The molecule has 0 unspecified atom stereocenters. The van der Waals surface area contributed by atoms with E-state index in [2.05, 4.69) is 20.5 Å². The van der Waals surface area contributed by atoms with Gasteiger partial charge < -0.3 is 19.6 Å². The summed E-state index contributed by atoms with van der Waals surface area (Å²) in [6.07, 6.45) is 1.44. The van der Waals surface area contributed by atoms with Crippen molar-refractivity contribution in [2.24, 2.45) is 5.10 Å². The van der Waals surface area contributed by atoms with E-state index in [4.69, 9.17) is 9.47 Å². The zero-order valence-electron chi connectivity index (χ0n) is 14.7. The molecular weight excluding hydrogens is 368 g/mol. The fourth-order valence-corrected chi connectivity index (χ4v) is 3.01. The number of hydrazone groups is 1. The molecule has 0 radical (unpaired) electrons. The molecule has 140 valence electrons. The van der Waals surface area contributed by atoms with Crippen LogP contribution in [0.3, 0.4) is 0 Å². The highest BCUT2D eigenvalue weighted by atomic mass is 32.2. The number of ether oxygens (including phenoxy) is 2. The first-order valence-corrected chi connectivity index (χ1v) is 8.93. The summed E-state index contributed by atoms with van der Waals surface area (Å²) in [6.45, 7) is 0. The van der Waals surface area contributed by atoms with Crippen molar-refractivity contribution in [3.8, 4) is 17.2 Å². The number of nitrogens with zero attached hydrogens (tertiary/aromatic N) is 2. The second-order valence-corrected chi connectivity index (χ2v) is 6.38.